The maximum atomic E-state index is 11.5. The fourth-order valence-corrected chi connectivity index (χ4v) is 1.39. The Morgan fingerprint density at radius 2 is 2.12 bits per heavy atom. The fraction of sp³-hybridized carbons (Fsp3) is 0.385. The Bertz CT molecular complexity index is 367. The van der Waals surface area contributed by atoms with Crippen molar-refractivity contribution in [2.75, 3.05) is 0 Å². The van der Waals surface area contributed by atoms with E-state index in [0.29, 0.717) is 19.3 Å². The minimum atomic E-state index is -0.358. The predicted octanol–water partition coefficient (Wildman–Crippen LogP) is 2.04. The highest BCUT2D eigenvalue weighted by Gasteiger charge is 2.08. The summed E-state index contributed by atoms with van der Waals surface area (Å²) < 4.78 is 0. The van der Waals surface area contributed by atoms with Gasteiger partial charge in [-0.05, 0) is 18.4 Å². The summed E-state index contributed by atoms with van der Waals surface area (Å²) in [6.45, 7) is 1.88. The molecule has 1 N–H and O–H groups in total. The number of nitrogens with one attached hydrogen (secondary N) is 1. The third-order valence-corrected chi connectivity index (χ3v) is 2.38. The number of benzene rings is 1. The van der Waals surface area contributed by atoms with E-state index >= 15 is 0 Å². The van der Waals surface area contributed by atoms with Gasteiger partial charge < -0.3 is 5.32 Å². The Kier molecular flexibility index (Phi) is 5.07. The van der Waals surface area contributed by atoms with Crippen molar-refractivity contribution in [2.45, 2.75) is 32.2 Å². The average molecular weight is 216 g/mol. The fourth-order valence-electron chi connectivity index (χ4n) is 1.39. The predicted molar refractivity (Wildman–Crippen MR) is 62.6 cm³/mol. The number of hydrogen-bond acceptors (Lipinski definition) is 2. The number of rotatable bonds is 5. The molecule has 0 aromatic heterocycles. The molecule has 0 aliphatic rings. The first kappa shape index (κ1) is 12.3. The molecule has 1 atom stereocenters. The van der Waals surface area contributed by atoms with Crippen LogP contribution >= 0.6 is 0 Å². The van der Waals surface area contributed by atoms with Gasteiger partial charge >= 0.3 is 0 Å². The maximum Gasteiger partial charge on any atom is 0.221 e. The van der Waals surface area contributed by atoms with Crippen LogP contribution in [0.3, 0.4) is 0 Å². The average Bonchev–Trinajstić information content (AvgIpc) is 2.34. The first-order chi connectivity index (χ1) is 7.76. The van der Waals surface area contributed by atoms with Crippen LogP contribution in [-0.2, 0) is 11.2 Å². The minimum absolute atomic E-state index is 0.0581. The van der Waals surface area contributed by atoms with E-state index in [1.807, 2.05) is 43.3 Å². The van der Waals surface area contributed by atoms with E-state index in [1.54, 1.807) is 0 Å². The Balaban J connectivity index is 2.34. The molecule has 0 radical (unpaired) electrons. The number of hydrogen-bond donors (Lipinski definition) is 1. The zero-order chi connectivity index (χ0) is 11.8. The highest BCUT2D eigenvalue weighted by Crippen LogP contribution is 2.02. The second-order valence-electron chi connectivity index (χ2n) is 3.64. The molecule has 1 rings (SSSR count). The van der Waals surface area contributed by atoms with Gasteiger partial charge in [-0.3, -0.25) is 4.79 Å². The smallest absolute Gasteiger partial charge is 0.221 e. The second kappa shape index (κ2) is 6.62. The zero-order valence-corrected chi connectivity index (χ0v) is 9.44. The summed E-state index contributed by atoms with van der Waals surface area (Å²) in [5.41, 5.74) is 1.14. The van der Waals surface area contributed by atoms with Gasteiger partial charge in [-0.2, -0.15) is 5.26 Å². The molecule has 3 nitrogen and oxygen atoms in total. The molecule has 16 heavy (non-hydrogen) atoms. The molecule has 0 spiro atoms. The van der Waals surface area contributed by atoms with E-state index < -0.39 is 0 Å². The Morgan fingerprint density at radius 1 is 1.44 bits per heavy atom. The lowest BCUT2D eigenvalue weighted by Crippen LogP contribution is -2.33. The summed E-state index contributed by atoms with van der Waals surface area (Å²) in [5.74, 6) is -0.0581. The quantitative estimate of drug-likeness (QED) is 0.818. The van der Waals surface area contributed by atoms with Gasteiger partial charge in [-0.15, -0.1) is 0 Å². The van der Waals surface area contributed by atoms with Crippen LogP contribution in [0, 0.1) is 11.3 Å². The number of nitrogens with zero attached hydrogens (tertiary/aromatic N) is 1. The number of carbonyl (C=O) groups excluding carboxylic acids is 1. The Hall–Kier alpha value is -1.82. The molecular formula is C13H16N2O. The molecular weight excluding hydrogens is 200 g/mol. The van der Waals surface area contributed by atoms with Crippen molar-refractivity contribution in [3.05, 3.63) is 35.9 Å². The van der Waals surface area contributed by atoms with E-state index in [0.717, 1.165) is 5.56 Å². The number of carbonyl (C=O) groups is 1. The lowest BCUT2D eigenvalue weighted by Gasteiger charge is -2.08. The summed E-state index contributed by atoms with van der Waals surface area (Å²) in [6.07, 6.45) is 1.80. The van der Waals surface area contributed by atoms with Crippen LogP contribution in [-0.4, -0.2) is 11.9 Å². The summed E-state index contributed by atoms with van der Waals surface area (Å²) >= 11 is 0. The van der Waals surface area contributed by atoms with Crippen molar-refractivity contribution < 1.29 is 4.79 Å². The summed E-state index contributed by atoms with van der Waals surface area (Å²) in [7, 11) is 0. The van der Waals surface area contributed by atoms with Crippen LogP contribution in [0.15, 0.2) is 30.3 Å². The van der Waals surface area contributed by atoms with Crippen molar-refractivity contribution in [2.24, 2.45) is 0 Å². The van der Waals surface area contributed by atoms with Crippen molar-refractivity contribution >= 4 is 5.91 Å². The molecule has 0 fully saturated rings. The summed E-state index contributed by atoms with van der Waals surface area (Å²) in [5, 5.41) is 11.4. The highest BCUT2D eigenvalue weighted by molar-refractivity contribution is 5.76. The van der Waals surface area contributed by atoms with Gasteiger partial charge in [0, 0.05) is 6.42 Å². The normalized spacial score (nSPS) is 11.5. The van der Waals surface area contributed by atoms with Gasteiger partial charge in [0.2, 0.25) is 5.91 Å². The monoisotopic (exact) mass is 216 g/mol. The van der Waals surface area contributed by atoms with Crippen molar-refractivity contribution in [3.8, 4) is 6.07 Å². The van der Waals surface area contributed by atoms with Crippen LogP contribution in [0.5, 0.6) is 0 Å². The van der Waals surface area contributed by atoms with E-state index in [4.69, 9.17) is 5.26 Å². The molecule has 3 heteroatoms. The number of nitriles is 1. The molecule has 1 aromatic rings. The molecule has 0 aliphatic carbocycles. The van der Waals surface area contributed by atoms with Gasteiger partial charge in [0.05, 0.1) is 6.07 Å². The lowest BCUT2D eigenvalue weighted by atomic mass is 10.1. The SMILES string of the molecule is CCC(C#N)NC(=O)CCc1ccccc1. The molecule has 0 aliphatic heterocycles. The van der Waals surface area contributed by atoms with Crippen LogP contribution < -0.4 is 5.32 Å². The van der Waals surface area contributed by atoms with E-state index in [-0.39, 0.29) is 11.9 Å². The maximum absolute atomic E-state index is 11.5. The lowest BCUT2D eigenvalue weighted by molar-refractivity contribution is -0.121. The van der Waals surface area contributed by atoms with Crippen LogP contribution in [0.2, 0.25) is 0 Å². The molecule has 1 aromatic carbocycles. The van der Waals surface area contributed by atoms with Crippen LogP contribution in [0.1, 0.15) is 25.3 Å². The topological polar surface area (TPSA) is 52.9 Å². The largest absolute Gasteiger partial charge is 0.340 e. The molecule has 0 saturated heterocycles. The summed E-state index contributed by atoms with van der Waals surface area (Å²) in [6, 6.07) is 11.5. The van der Waals surface area contributed by atoms with Gasteiger partial charge in [0.25, 0.3) is 0 Å². The summed E-state index contributed by atoms with van der Waals surface area (Å²) in [4.78, 5) is 11.5. The van der Waals surface area contributed by atoms with E-state index in [2.05, 4.69) is 5.32 Å². The van der Waals surface area contributed by atoms with Crippen molar-refractivity contribution in [1.29, 1.82) is 5.26 Å². The van der Waals surface area contributed by atoms with Gasteiger partial charge in [-0.1, -0.05) is 37.3 Å². The first-order valence-corrected chi connectivity index (χ1v) is 5.49. The Labute approximate surface area is 96.1 Å². The molecule has 1 unspecified atom stereocenters. The minimum Gasteiger partial charge on any atom is -0.340 e. The zero-order valence-electron chi connectivity index (χ0n) is 9.44. The van der Waals surface area contributed by atoms with Crippen LogP contribution in [0.25, 0.3) is 0 Å². The van der Waals surface area contributed by atoms with Gasteiger partial charge in [0.15, 0.2) is 0 Å². The van der Waals surface area contributed by atoms with Gasteiger partial charge in [0.1, 0.15) is 6.04 Å². The van der Waals surface area contributed by atoms with Crippen molar-refractivity contribution in [1.82, 2.24) is 5.32 Å². The van der Waals surface area contributed by atoms with E-state index in [1.165, 1.54) is 0 Å². The molecule has 0 heterocycles. The second-order valence-corrected chi connectivity index (χ2v) is 3.64. The number of aryl methyl sites for hydroxylation is 1. The van der Waals surface area contributed by atoms with Crippen molar-refractivity contribution in [3.63, 3.8) is 0 Å². The molecule has 0 bridgehead atoms. The number of amides is 1. The standard InChI is InChI=1S/C13H16N2O/c1-2-12(10-14)15-13(16)9-8-11-6-4-3-5-7-11/h3-7,12H,2,8-9H2,1H3,(H,15,16). The van der Waals surface area contributed by atoms with Gasteiger partial charge in [-0.25, -0.2) is 0 Å². The van der Waals surface area contributed by atoms with E-state index in [9.17, 15) is 4.79 Å². The highest BCUT2D eigenvalue weighted by atomic mass is 16.1. The third kappa shape index (κ3) is 4.14. The first-order valence-electron chi connectivity index (χ1n) is 5.49. The molecule has 84 valence electrons. The molecule has 1 amide bonds. The Morgan fingerprint density at radius 3 is 2.69 bits per heavy atom. The third-order valence-electron chi connectivity index (χ3n) is 2.38. The molecule has 0 saturated carbocycles. The van der Waals surface area contributed by atoms with Crippen LogP contribution in [0.4, 0.5) is 0 Å².